The van der Waals surface area contributed by atoms with E-state index in [1.165, 1.54) is 28.4 Å². The van der Waals surface area contributed by atoms with Gasteiger partial charge in [-0.3, -0.25) is 14.5 Å². The zero-order chi connectivity index (χ0) is 20.4. The Bertz CT molecular complexity index is 921. The van der Waals surface area contributed by atoms with Gasteiger partial charge in [-0.2, -0.15) is 0 Å². The summed E-state index contributed by atoms with van der Waals surface area (Å²) < 4.78 is 18.8. The van der Waals surface area contributed by atoms with Crippen LogP contribution in [0.1, 0.15) is 21.3 Å². The molecule has 3 heterocycles. The van der Waals surface area contributed by atoms with Crippen LogP contribution in [0.3, 0.4) is 0 Å². The van der Waals surface area contributed by atoms with Crippen LogP contribution in [-0.2, 0) is 9.53 Å². The Labute approximate surface area is 171 Å². The summed E-state index contributed by atoms with van der Waals surface area (Å²) in [5, 5.41) is 12.4. The first-order valence-corrected chi connectivity index (χ1v) is 10.3. The number of ether oxygens (including phenoxy) is 1. The molecule has 1 N–H and O–H groups in total. The predicted molar refractivity (Wildman–Crippen MR) is 106 cm³/mol. The van der Waals surface area contributed by atoms with Gasteiger partial charge in [0, 0.05) is 26.2 Å². The van der Waals surface area contributed by atoms with Crippen LogP contribution in [-0.4, -0.2) is 66.0 Å². The summed E-state index contributed by atoms with van der Waals surface area (Å²) in [6, 6.07) is 8.35. The lowest BCUT2D eigenvalue weighted by molar-refractivity contribution is -0.129. The minimum atomic E-state index is -0.751. The molecule has 29 heavy (non-hydrogen) atoms. The average Bonchev–Trinajstić information content (AvgIpc) is 3.36. The van der Waals surface area contributed by atoms with Crippen molar-refractivity contribution in [3.8, 4) is 0 Å². The van der Waals surface area contributed by atoms with Gasteiger partial charge < -0.3 is 14.7 Å². The standard InChI is InChI=1S/C21H21FN2O4S/c22-15-5-3-14(4-6-15)18-17(19(25)16-2-1-13-29-16)20(26)21(27)24(18)8-7-23-9-11-28-12-10-23/h1-6,13,18,26H,7-12H2/t18-/m1/s1. The minimum absolute atomic E-state index is 0.0473. The third-order valence-corrected chi connectivity index (χ3v) is 6.11. The van der Waals surface area contributed by atoms with Crippen LogP contribution in [0.5, 0.6) is 0 Å². The molecule has 152 valence electrons. The molecule has 1 amide bonds. The predicted octanol–water partition coefficient (Wildman–Crippen LogP) is 2.80. The topological polar surface area (TPSA) is 70.1 Å². The number of thiophene rings is 1. The van der Waals surface area contributed by atoms with Crippen molar-refractivity contribution in [1.29, 1.82) is 0 Å². The highest BCUT2D eigenvalue weighted by Gasteiger charge is 2.43. The number of carbonyl (C=O) groups is 2. The second kappa shape index (κ2) is 8.44. The summed E-state index contributed by atoms with van der Waals surface area (Å²) >= 11 is 1.25. The monoisotopic (exact) mass is 416 g/mol. The van der Waals surface area contributed by atoms with Crippen molar-refractivity contribution < 1.29 is 23.8 Å². The van der Waals surface area contributed by atoms with E-state index >= 15 is 0 Å². The summed E-state index contributed by atoms with van der Waals surface area (Å²) in [6.07, 6.45) is 0. The summed E-state index contributed by atoms with van der Waals surface area (Å²) in [4.78, 5) is 30.1. The van der Waals surface area contributed by atoms with Gasteiger partial charge in [0.2, 0.25) is 5.78 Å². The summed E-state index contributed by atoms with van der Waals surface area (Å²) in [7, 11) is 0. The van der Waals surface area contributed by atoms with Crippen LogP contribution in [0.4, 0.5) is 4.39 Å². The molecule has 0 spiro atoms. The largest absolute Gasteiger partial charge is 0.503 e. The van der Waals surface area contributed by atoms with Gasteiger partial charge in [0.15, 0.2) is 5.76 Å². The fourth-order valence-corrected chi connectivity index (χ4v) is 4.40. The zero-order valence-corrected chi connectivity index (χ0v) is 16.5. The number of aliphatic hydroxyl groups is 1. The first kappa shape index (κ1) is 19.8. The molecule has 4 rings (SSSR count). The summed E-state index contributed by atoms with van der Waals surface area (Å²) in [5.41, 5.74) is 0.636. The third-order valence-electron chi connectivity index (χ3n) is 5.24. The Kier molecular flexibility index (Phi) is 5.75. The smallest absolute Gasteiger partial charge is 0.290 e. The molecule has 0 bridgehead atoms. The number of benzene rings is 1. The van der Waals surface area contributed by atoms with Crippen molar-refractivity contribution in [3.63, 3.8) is 0 Å². The number of Topliss-reactive ketones (excluding diaryl/α,β-unsaturated/α-hetero) is 1. The highest BCUT2D eigenvalue weighted by Crippen LogP contribution is 2.39. The molecule has 2 aromatic rings. The van der Waals surface area contributed by atoms with E-state index < -0.39 is 23.5 Å². The van der Waals surface area contributed by atoms with Gasteiger partial charge >= 0.3 is 0 Å². The van der Waals surface area contributed by atoms with Crippen molar-refractivity contribution in [2.24, 2.45) is 0 Å². The number of rotatable bonds is 6. The minimum Gasteiger partial charge on any atom is -0.503 e. The van der Waals surface area contributed by atoms with Crippen molar-refractivity contribution in [3.05, 3.63) is 69.4 Å². The van der Waals surface area contributed by atoms with Crippen LogP contribution in [0, 0.1) is 5.82 Å². The van der Waals surface area contributed by atoms with Gasteiger partial charge in [0.1, 0.15) is 5.82 Å². The summed E-state index contributed by atoms with van der Waals surface area (Å²) in [5.74, 6) is -1.89. The molecule has 2 aliphatic rings. The van der Waals surface area contributed by atoms with Crippen molar-refractivity contribution in [2.75, 3.05) is 39.4 Å². The maximum atomic E-state index is 13.5. The Morgan fingerprint density at radius 1 is 1.17 bits per heavy atom. The van der Waals surface area contributed by atoms with E-state index in [-0.39, 0.29) is 11.4 Å². The molecule has 1 atom stereocenters. The number of ketones is 1. The molecule has 8 heteroatoms. The number of halogens is 1. The van der Waals surface area contributed by atoms with Crippen LogP contribution in [0.15, 0.2) is 53.1 Å². The van der Waals surface area contributed by atoms with Gasteiger partial charge in [0.25, 0.3) is 5.91 Å². The number of hydrogen-bond acceptors (Lipinski definition) is 6. The highest BCUT2D eigenvalue weighted by atomic mass is 32.1. The van der Waals surface area contributed by atoms with E-state index in [0.717, 1.165) is 13.1 Å². The maximum Gasteiger partial charge on any atom is 0.290 e. The van der Waals surface area contributed by atoms with Crippen molar-refractivity contribution in [2.45, 2.75) is 6.04 Å². The van der Waals surface area contributed by atoms with E-state index in [1.54, 1.807) is 29.6 Å². The Balaban J connectivity index is 1.66. The quantitative estimate of drug-likeness (QED) is 0.734. The molecule has 0 unspecified atom stereocenters. The molecule has 1 saturated heterocycles. The third kappa shape index (κ3) is 3.96. The molecule has 0 aliphatic carbocycles. The van der Waals surface area contributed by atoms with Crippen LogP contribution >= 0.6 is 11.3 Å². The first-order valence-electron chi connectivity index (χ1n) is 9.44. The molecule has 1 aromatic carbocycles. The zero-order valence-electron chi connectivity index (χ0n) is 15.7. The average molecular weight is 416 g/mol. The highest BCUT2D eigenvalue weighted by molar-refractivity contribution is 7.12. The second-order valence-corrected chi connectivity index (χ2v) is 7.92. The van der Waals surface area contributed by atoms with Gasteiger partial charge in [0.05, 0.1) is 29.7 Å². The van der Waals surface area contributed by atoms with E-state index in [0.29, 0.717) is 36.7 Å². The number of nitrogens with zero attached hydrogens (tertiary/aromatic N) is 2. The van der Waals surface area contributed by atoms with Gasteiger partial charge in [-0.15, -0.1) is 11.3 Å². The van der Waals surface area contributed by atoms with E-state index in [9.17, 15) is 19.1 Å². The molecular weight excluding hydrogens is 395 g/mol. The normalized spacial score (nSPS) is 20.5. The Hall–Kier alpha value is -2.55. The van der Waals surface area contributed by atoms with Crippen LogP contribution in [0.2, 0.25) is 0 Å². The van der Waals surface area contributed by atoms with E-state index in [2.05, 4.69) is 4.90 Å². The van der Waals surface area contributed by atoms with Crippen molar-refractivity contribution in [1.82, 2.24) is 9.80 Å². The number of aliphatic hydroxyl groups excluding tert-OH is 1. The van der Waals surface area contributed by atoms with Gasteiger partial charge in [-0.25, -0.2) is 4.39 Å². The fourth-order valence-electron chi connectivity index (χ4n) is 3.72. The lowest BCUT2D eigenvalue weighted by atomic mass is 9.95. The molecule has 0 saturated carbocycles. The number of morpholine rings is 1. The number of amides is 1. The van der Waals surface area contributed by atoms with Gasteiger partial charge in [-0.05, 0) is 29.1 Å². The molecule has 2 aliphatic heterocycles. The van der Waals surface area contributed by atoms with Crippen molar-refractivity contribution >= 4 is 23.0 Å². The molecular formula is C21H21FN2O4S. The Morgan fingerprint density at radius 3 is 2.55 bits per heavy atom. The fraction of sp³-hybridized carbons (Fsp3) is 0.333. The van der Waals surface area contributed by atoms with E-state index in [4.69, 9.17) is 4.74 Å². The molecule has 6 nitrogen and oxygen atoms in total. The van der Waals surface area contributed by atoms with Crippen LogP contribution < -0.4 is 0 Å². The molecule has 1 aromatic heterocycles. The molecule has 0 radical (unpaired) electrons. The van der Waals surface area contributed by atoms with E-state index in [1.807, 2.05) is 0 Å². The number of hydrogen-bond donors (Lipinski definition) is 1. The number of carbonyl (C=O) groups excluding carboxylic acids is 2. The van der Waals surface area contributed by atoms with Gasteiger partial charge in [-0.1, -0.05) is 18.2 Å². The Morgan fingerprint density at radius 2 is 1.90 bits per heavy atom. The SMILES string of the molecule is O=C(C1=C(O)C(=O)N(CCN2CCOCC2)[C@@H]1c1ccc(F)cc1)c1cccs1. The second-order valence-electron chi connectivity index (χ2n) is 6.98. The molecule has 1 fully saturated rings. The lowest BCUT2D eigenvalue weighted by Crippen LogP contribution is -2.43. The lowest BCUT2D eigenvalue weighted by Gasteiger charge is -2.31. The first-order chi connectivity index (χ1) is 14.1. The maximum absolute atomic E-state index is 13.5. The van der Waals surface area contributed by atoms with Crippen LogP contribution in [0.25, 0.3) is 0 Å². The summed E-state index contributed by atoms with van der Waals surface area (Å²) in [6.45, 7) is 3.75.